The summed E-state index contributed by atoms with van der Waals surface area (Å²) in [6.45, 7) is 6.06. The van der Waals surface area contributed by atoms with E-state index in [1.807, 2.05) is 0 Å². The lowest BCUT2D eigenvalue weighted by Crippen LogP contribution is -2.48. The number of amides is 3. The predicted molar refractivity (Wildman–Crippen MR) is 106 cm³/mol. The van der Waals surface area contributed by atoms with Crippen LogP contribution in [0.3, 0.4) is 0 Å². The van der Waals surface area contributed by atoms with Gasteiger partial charge in [0.25, 0.3) is 5.91 Å². The van der Waals surface area contributed by atoms with Gasteiger partial charge in [-0.15, -0.1) is 0 Å². The third kappa shape index (κ3) is 4.23. The van der Waals surface area contributed by atoms with Crippen molar-refractivity contribution in [2.45, 2.75) is 38.3 Å². The Bertz CT molecular complexity index is 713. The predicted octanol–water partition coefficient (Wildman–Crippen LogP) is 2.03. The first-order valence-electron chi connectivity index (χ1n) is 10.1. The molecule has 1 aromatic rings. The smallest absolute Gasteiger partial charge is 0.319 e. The van der Waals surface area contributed by atoms with E-state index >= 15 is 0 Å². The zero-order valence-electron chi connectivity index (χ0n) is 16.2. The minimum absolute atomic E-state index is 0.193. The van der Waals surface area contributed by atoms with Crippen LogP contribution in [0.25, 0.3) is 0 Å². The molecule has 8 heteroatoms. The number of rotatable bonds is 5. The number of benzene rings is 1. The van der Waals surface area contributed by atoms with Crippen molar-refractivity contribution >= 4 is 23.3 Å². The number of likely N-dealkylation sites (tertiary alicyclic amines) is 1. The van der Waals surface area contributed by atoms with Crippen molar-refractivity contribution < 1.29 is 19.1 Å². The summed E-state index contributed by atoms with van der Waals surface area (Å²) in [5.41, 5.74) is 1.18. The quantitative estimate of drug-likeness (QED) is 0.718. The average Bonchev–Trinajstić information content (AvgIpc) is 3.38. The summed E-state index contributed by atoms with van der Waals surface area (Å²) in [5.74, 6) is 0.881. The summed E-state index contributed by atoms with van der Waals surface area (Å²) in [7, 11) is 0. The molecule has 3 aliphatic heterocycles. The molecule has 0 radical (unpaired) electrons. The van der Waals surface area contributed by atoms with Crippen LogP contribution in [-0.2, 0) is 9.53 Å². The molecule has 4 rings (SSSR count). The lowest BCUT2D eigenvalue weighted by atomic mass is 9.97. The van der Waals surface area contributed by atoms with Crippen molar-refractivity contribution in [3.05, 3.63) is 18.2 Å². The second-order valence-electron chi connectivity index (χ2n) is 7.73. The highest BCUT2D eigenvalue weighted by molar-refractivity contribution is 5.99. The van der Waals surface area contributed by atoms with E-state index in [2.05, 4.69) is 20.9 Å². The van der Waals surface area contributed by atoms with Crippen LogP contribution in [0.5, 0.6) is 5.75 Å². The van der Waals surface area contributed by atoms with Crippen LogP contribution < -0.4 is 20.7 Å². The number of carbonyl (C=O) groups excluding carboxylic acids is 2. The molecule has 28 heavy (non-hydrogen) atoms. The van der Waals surface area contributed by atoms with E-state index in [1.54, 1.807) is 25.1 Å². The Morgan fingerprint density at radius 2 is 2.18 bits per heavy atom. The van der Waals surface area contributed by atoms with E-state index in [0.29, 0.717) is 35.6 Å². The van der Waals surface area contributed by atoms with Crippen LogP contribution >= 0.6 is 0 Å². The van der Waals surface area contributed by atoms with Crippen molar-refractivity contribution in [1.29, 1.82) is 0 Å². The number of anilines is 2. The van der Waals surface area contributed by atoms with Gasteiger partial charge in [0.1, 0.15) is 5.75 Å². The molecule has 3 heterocycles. The summed E-state index contributed by atoms with van der Waals surface area (Å²) in [6, 6.07) is 5.30. The minimum atomic E-state index is -0.517. The van der Waals surface area contributed by atoms with E-state index in [4.69, 9.17) is 9.47 Å². The Morgan fingerprint density at radius 3 is 2.93 bits per heavy atom. The van der Waals surface area contributed by atoms with Gasteiger partial charge in [0.2, 0.25) is 0 Å². The molecule has 152 valence electrons. The Balaban J connectivity index is 1.34. The van der Waals surface area contributed by atoms with Crippen molar-refractivity contribution in [2.24, 2.45) is 5.92 Å². The van der Waals surface area contributed by atoms with Gasteiger partial charge in [-0.25, -0.2) is 4.79 Å². The van der Waals surface area contributed by atoms with Crippen LogP contribution in [0, 0.1) is 5.92 Å². The van der Waals surface area contributed by atoms with Gasteiger partial charge in [0, 0.05) is 30.8 Å². The number of nitrogens with one attached hydrogen (secondary N) is 3. The third-order valence-corrected chi connectivity index (χ3v) is 5.76. The Morgan fingerprint density at radius 1 is 1.36 bits per heavy atom. The molecule has 0 spiro atoms. The highest BCUT2D eigenvalue weighted by atomic mass is 16.5. The van der Waals surface area contributed by atoms with Gasteiger partial charge in [0.05, 0.1) is 12.3 Å². The minimum Gasteiger partial charge on any atom is -0.479 e. The van der Waals surface area contributed by atoms with Gasteiger partial charge < -0.3 is 25.4 Å². The molecule has 0 saturated carbocycles. The van der Waals surface area contributed by atoms with Crippen molar-refractivity contribution in [3.8, 4) is 5.75 Å². The lowest BCUT2D eigenvalue weighted by Gasteiger charge is -2.32. The Labute approximate surface area is 164 Å². The fourth-order valence-corrected chi connectivity index (χ4v) is 4.18. The number of fused-ring (bicyclic) bond motifs is 1. The molecule has 3 amide bonds. The van der Waals surface area contributed by atoms with Gasteiger partial charge in [0.15, 0.2) is 6.10 Å². The lowest BCUT2D eigenvalue weighted by molar-refractivity contribution is -0.122. The summed E-state index contributed by atoms with van der Waals surface area (Å²) in [5, 5.41) is 8.65. The molecular formula is C20H28N4O4. The number of ether oxygens (including phenoxy) is 2. The van der Waals surface area contributed by atoms with Crippen LogP contribution in [0.2, 0.25) is 0 Å². The molecule has 3 atom stereocenters. The molecule has 3 N–H and O–H groups in total. The van der Waals surface area contributed by atoms with Crippen molar-refractivity contribution in [2.75, 3.05) is 43.5 Å². The van der Waals surface area contributed by atoms with Crippen LogP contribution in [-0.4, -0.2) is 61.8 Å². The van der Waals surface area contributed by atoms with Crippen LogP contribution in [0.1, 0.15) is 26.2 Å². The van der Waals surface area contributed by atoms with Gasteiger partial charge in [-0.2, -0.15) is 0 Å². The maximum absolute atomic E-state index is 12.4. The molecule has 1 aromatic carbocycles. The molecule has 3 aliphatic rings. The second kappa shape index (κ2) is 8.36. The third-order valence-electron chi connectivity index (χ3n) is 5.76. The molecule has 3 unspecified atom stereocenters. The first kappa shape index (κ1) is 19.0. The van der Waals surface area contributed by atoms with E-state index in [0.717, 1.165) is 32.7 Å². The first-order chi connectivity index (χ1) is 13.6. The van der Waals surface area contributed by atoms with Crippen molar-refractivity contribution in [3.63, 3.8) is 0 Å². The zero-order chi connectivity index (χ0) is 19.5. The van der Waals surface area contributed by atoms with E-state index in [9.17, 15) is 9.59 Å². The largest absolute Gasteiger partial charge is 0.479 e. The molecular weight excluding hydrogens is 360 g/mol. The topological polar surface area (TPSA) is 91.9 Å². The Kier molecular flexibility index (Phi) is 5.68. The van der Waals surface area contributed by atoms with Crippen molar-refractivity contribution in [1.82, 2.24) is 10.2 Å². The molecule has 8 nitrogen and oxygen atoms in total. The molecule has 2 fully saturated rings. The number of urea groups is 1. The zero-order valence-corrected chi connectivity index (χ0v) is 16.2. The average molecular weight is 388 g/mol. The van der Waals surface area contributed by atoms with Gasteiger partial charge in [-0.1, -0.05) is 0 Å². The maximum Gasteiger partial charge on any atom is 0.319 e. The van der Waals surface area contributed by atoms with Crippen LogP contribution in [0.4, 0.5) is 16.2 Å². The highest BCUT2D eigenvalue weighted by Crippen LogP contribution is 2.32. The van der Waals surface area contributed by atoms with Gasteiger partial charge in [-0.3, -0.25) is 9.69 Å². The fraction of sp³-hybridized carbons (Fsp3) is 0.600. The first-order valence-corrected chi connectivity index (χ1v) is 10.1. The molecule has 0 aliphatic carbocycles. The van der Waals surface area contributed by atoms with Gasteiger partial charge >= 0.3 is 6.03 Å². The van der Waals surface area contributed by atoms with E-state index in [-0.39, 0.29) is 11.9 Å². The van der Waals surface area contributed by atoms with Crippen LogP contribution in [0.15, 0.2) is 18.2 Å². The number of hydrogen-bond donors (Lipinski definition) is 3. The summed E-state index contributed by atoms with van der Waals surface area (Å²) < 4.78 is 11.1. The monoisotopic (exact) mass is 388 g/mol. The normalized spacial score (nSPS) is 25.5. The SMILES string of the molecule is CC1Oc2ccc(NC(=O)NCC(C3CCOC3)N3CCCC3)cc2NC1=O. The Hall–Kier alpha value is -2.32. The summed E-state index contributed by atoms with van der Waals surface area (Å²) in [4.78, 5) is 26.7. The van der Waals surface area contributed by atoms with E-state index in [1.165, 1.54) is 12.8 Å². The number of carbonyl (C=O) groups is 2. The number of nitrogens with zero attached hydrogens (tertiary/aromatic N) is 1. The number of hydrogen-bond acceptors (Lipinski definition) is 5. The molecule has 2 saturated heterocycles. The molecule has 0 aromatic heterocycles. The fourth-order valence-electron chi connectivity index (χ4n) is 4.18. The standard InChI is InChI=1S/C20H28N4O4/c1-13-19(25)23-16-10-15(4-5-18(16)28-13)22-20(26)21-11-17(14-6-9-27-12-14)24-7-2-3-8-24/h4-5,10,13-14,17H,2-3,6-9,11-12H2,1H3,(H,23,25)(H2,21,22,26). The van der Waals surface area contributed by atoms with Gasteiger partial charge in [-0.05, 0) is 57.5 Å². The highest BCUT2D eigenvalue weighted by Gasteiger charge is 2.32. The molecule has 0 bridgehead atoms. The maximum atomic E-state index is 12.4. The van der Waals surface area contributed by atoms with E-state index < -0.39 is 6.10 Å². The summed E-state index contributed by atoms with van der Waals surface area (Å²) >= 11 is 0. The summed E-state index contributed by atoms with van der Waals surface area (Å²) in [6.07, 6.45) is 2.97. The second-order valence-corrected chi connectivity index (χ2v) is 7.73.